The van der Waals surface area contributed by atoms with Crippen LogP contribution < -0.4 is 5.32 Å². The first kappa shape index (κ1) is 16.0. The van der Waals surface area contributed by atoms with Crippen LogP contribution in [0.15, 0.2) is 0 Å². The second-order valence-corrected chi connectivity index (χ2v) is 5.39. The number of unbranched alkanes of at least 4 members (excludes halogenated alkanes) is 9. The van der Waals surface area contributed by atoms with E-state index in [0.29, 0.717) is 6.54 Å². The average Bonchev–Trinajstić information content (AvgIpc) is 2.70. The predicted molar refractivity (Wildman–Crippen MR) is 76.0 cm³/mol. The van der Waals surface area contributed by atoms with Crippen molar-refractivity contribution in [1.29, 1.82) is 0 Å². The predicted octanol–water partition coefficient (Wildman–Crippen LogP) is 3.47. The Labute approximate surface area is 116 Å². The summed E-state index contributed by atoms with van der Waals surface area (Å²) in [4.78, 5) is 23.7. The number of urea groups is 1. The quantitative estimate of drug-likeness (QED) is 0.425. The van der Waals surface area contributed by atoms with Crippen LogP contribution in [0.1, 0.15) is 71.1 Å². The number of carbonyl (C=O) groups excluding carboxylic acids is 2. The Hall–Kier alpha value is -1.06. The van der Waals surface area contributed by atoms with Crippen LogP contribution in [-0.4, -0.2) is 29.9 Å². The van der Waals surface area contributed by atoms with Gasteiger partial charge in [-0.25, -0.2) is 4.79 Å². The summed E-state index contributed by atoms with van der Waals surface area (Å²) >= 11 is 0. The molecule has 1 aliphatic heterocycles. The van der Waals surface area contributed by atoms with Crippen molar-refractivity contribution in [2.24, 2.45) is 0 Å². The van der Waals surface area contributed by atoms with Crippen LogP contribution in [0.25, 0.3) is 0 Å². The van der Waals surface area contributed by atoms with Gasteiger partial charge >= 0.3 is 6.03 Å². The molecule has 0 unspecified atom stereocenters. The molecule has 0 aromatic heterocycles. The van der Waals surface area contributed by atoms with Crippen molar-refractivity contribution in [2.75, 3.05) is 13.1 Å². The Morgan fingerprint density at radius 1 is 0.895 bits per heavy atom. The van der Waals surface area contributed by atoms with E-state index in [1.807, 2.05) is 0 Å². The molecule has 0 N–H and O–H groups in total. The summed E-state index contributed by atoms with van der Waals surface area (Å²) in [5.41, 5.74) is 0. The molecular formula is C15H27N2O2. The Morgan fingerprint density at radius 3 is 1.89 bits per heavy atom. The smallest absolute Gasteiger partial charge is 0.313 e. The number of imide groups is 1. The molecule has 19 heavy (non-hydrogen) atoms. The molecule has 0 atom stereocenters. The van der Waals surface area contributed by atoms with Crippen LogP contribution in [0.5, 0.6) is 0 Å². The minimum absolute atomic E-state index is 0.191. The van der Waals surface area contributed by atoms with E-state index in [0.717, 1.165) is 12.8 Å². The normalized spacial score (nSPS) is 15.1. The fourth-order valence-corrected chi connectivity index (χ4v) is 2.41. The first-order valence-corrected chi connectivity index (χ1v) is 7.77. The molecule has 1 aliphatic rings. The second kappa shape index (κ2) is 9.82. The highest BCUT2D eigenvalue weighted by molar-refractivity contribution is 6.01. The van der Waals surface area contributed by atoms with Crippen molar-refractivity contribution in [2.45, 2.75) is 71.1 Å². The largest absolute Gasteiger partial charge is 0.347 e. The fourth-order valence-electron chi connectivity index (χ4n) is 2.41. The van der Waals surface area contributed by atoms with Crippen LogP contribution in [0.2, 0.25) is 0 Å². The van der Waals surface area contributed by atoms with Crippen LogP contribution in [-0.2, 0) is 4.79 Å². The number of hydrogen-bond donors (Lipinski definition) is 0. The van der Waals surface area contributed by atoms with Crippen LogP contribution in [0.4, 0.5) is 4.79 Å². The summed E-state index contributed by atoms with van der Waals surface area (Å²) in [7, 11) is 0. The molecular weight excluding hydrogens is 240 g/mol. The van der Waals surface area contributed by atoms with Crippen molar-refractivity contribution >= 4 is 11.9 Å². The van der Waals surface area contributed by atoms with E-state index >= 15 is 0 Å². The van der Waals surface area contributed by atoms with Crippen molar-refractivity contribution in [3.05, 3.63) is 0 Å². The lowest BCUT2D eigenvalue weighted by Gasteiger charge is -2.11. The number of carbonyl (C=O) groups is 2. The molecule has 1 saturated heterocycles. The first-order chi connectivity index (χ1) is 9.24. The molecule has 1 heterocycles. The molecule has 3 amide bonds. The molecule has 0 aromatic rings. The molecule has 0 aliphatic carbocycles. The van der Waals surface area contributed by atoms with E-state index in [1.165, 1.54) is 51.4 Å². The standard InChI is InChI=1S/C15H27N2O2/c1-2-3-4-5-6-7-8-9-10-11-12-17-13-14(18)16-15(17)19/h2-13H2,1H3. The van der Waals surface area contributed by atoms with Gasteiger partial charge in [0.1, 0.15) is 6.54 Å². The average molecular weight is 267 g/mol. The highest BCUT2D eigenvalue weighted by atomic mass is 16.2. The van der Waals surface area contributed by atoms with Crippen molar-refractivity contribution in [3.8, 4) is 0 Å². The fraction of sp³-hybridized carbons (Fsp3) is 0.867. The van der Waals surface area contributed by atoms with Gasteiger partial charge in [-0.05, 0) is 6.42 Å². The van der Waals surface area contributed by atoms with E-state index < -0.39 is 0 Å². The van der Waals surface area contributed by atoms with E-state index in [9.17, 15) is 9.59 Å². The molecule has 0 bridgehead atoms. The molecule has 1 fully saturated rings. The zero-order valence-electron chi connectivity index (χ0n) is 12.2. The van der Waals surface area contributed by atoms with Crippen molar-refractivity contribution < 1.29 is 9.59 Å². The molecule has 0 saturated carbocycles. The number of rotatable bonds is 11. The number of amides is 3. The third kappa shape index (κ3) is 7.19. The van der Waals surface area contributed by atoms with Gasteiger partial charge in [0.2, 0.25) is 0 Å². The zero-order chi connectivity index (χ0) is 13.9. The number of hydrogen-bond acceptors (Lipinski definition) is 2. The van der Waals surface area contributed by atoms with Gasteiger partial charge in [0.05, 0.1) is 0 Å². The van der Waals surface area contributed by atoms with Crippen LogP contribution in [0, 0.1) is 0 Å². The van der Waals surface area contributed by atoms with Crippen molar-refractivity contribution in [1.82, 2.24) is 10.2 Å². The van der Waals surface area contributed by atoms with Crippen molar-refractivity contribution in [3.63, 3.8) is 0 Å². The minimum Gasteiger partial charge on any atom is -0.313 e. The highest BCUT2D eigenvalue weighted by Crippen LogP contribution is 2.11. The summed E-state index contributed by atoms with van der Waals surface area (Å²) in [5, 5.41) is 3.38. The third-order valence-electron chi connectivity index (χ3n) is 3.60. The maximum Gasteiger partial charge on any atom is 0.347 e. The summed E-state index contributed by atoms with van der Waals surface area (Å²) in [6, 6.07) is -0.346. The van der Waals surface area contributed by atoms with Gasteiger partial charge in [-0.15, -0.1) is 0 Å². The van der Waals surface area contributed by atoms with E-state index in [1.54, 1.807) is 4.90 Å². The molecule has 1 rings (SSSR count). The van der Waals surface area contributed by atoms with E-state index in [2.05, 4.69) is 12.2 Å². The number of nitrogens with zero attached hydrogens (tertiary/aromatic N) is 2. The van der Waals surface area contributed by atoms with Crippen LogP contribution in [0.3, 0.4) is 0 Å². The monoisotopic (exact) mass is 267 g/mol. The highest BCUT2D eigenvalue weighted by Gasteiger charge is 2.27. The summed E-state index contributed by atoms with van der Waals surface area (Å²) < 4.78 is 0. The van der Waals surface area contributed by atoms with Gasteiger partial charge in [-0.2, -0.15) is 5.32 Å². The molecule has 4 nitrogen and oxygen atoms in total. The maximum absolute atomic E-state index is 11.2. The lowest BCUT2D eigenvalue weighted by Crippen LogP contribution is -2.26. The summed E-state index contributed by atoms with van der Waals surface area (Å²) in [6.07, 6.45) is 12.8. The Morgan fingerprint density at radius 2 is 1.42 bits per heavy atom. The van der Waals surface area contributed by atoms with Gasteiger partial charge in [0, 0.05) is 6.54 Å². The molecule has 0 spiro atoms. The molecule has 4 heteroatoms. The summed E-state index contributed by atoms with van der Waals surface area (Å²) in [5.74, 6) is -0.294. The second-order valence-electron chi connectivity index (χ2n) is 5.39. The van der Waals surface area contributed by atoms with E-state index in [-0.39, 0.29) is 18.5 Å². The third-order valence-corrected chi connectivity index (χ3v) is 3.60. The first-order valence-electron chi connectivity index (χ1n) is 7.77. The molecule has 0 aromatic carbocycles. The lowest BCUT2D eigenvalue weighted by molar-refractivity contribution is -0.118. The maximum atomic E-state index is 11.2. The van der Waals surface area contributed by atoms with Gasteiger partial charge in [0.25, 0.3) is 5.91 Å². The van der Waals surface area contributed by atoms with Gasteiger partial charge < -0.3 is 4.90 Å². The molecule has 1 radical (unpaired) electrons. The summed E-state index contributed by atoms with van der Waals surface area (Å²) in [6.45, 7) is 3.12. The Bertz CT molecular complexity index is 279. The van der Waals surface area contributed by atoms with Gasteiger partial charge in [0.15, 0.2) is 0 Å². The topological polar surface area (TPSA) is 51.5 Å². The Balaban J connectivity index is 1.84. The SMILES string of the molecule is CCCCCCCCCCCCN1CC(=O)[N]C1=O. The minimum atomic E-state index is -0.346. The lowest BCUT2D eigenvalue weighted by atomic mass is 10.1. The van der Waals surface area contributed by atoms with E-state index in [4.69, 9.17) is 0 Å². The Kier molecular flexibility index (Phi) is 8.26. The van der Waals surface area contributed by atoms with Gasteiger partial charge in [-0.1, -0.05) is 64.7 Å². The molecule has 109 valence electrons. The van der Waals surface area contributed by atoms with Gasteiger partial charge in [-0.3, -0.25) is 4.79 Å². The zero-order valence-corrected chi connectivity index (χ0v) is 12.2. The van der Waals surface area contributed by atoms with Crippen LogP contribution >= 0.6 is 0 Å².